The van der Waals surface area contributed by atoms with Crippen LogP contribution in [0.4, 0.5) is 19.0 Å². The van der Waals surface area contributed by atoms with Gasteiger partial charge in [0.1, 0.15) is 35.6 Å². The minimum atomic E-state index is -4.67. The number of ether oxygens (including phenoxy) is 1. The molecule has 0 radical (unpaired) electrons. The number of fused-ring (bicyclic) bond motifs is 5. The Morgan fingerprint density at radius 3 is 2.64 bits per heavy atom. The normalized spacial score (nSPS) is 35.0. The van der Waals surface area contributed by atoms with E-state index in [-0.39, 0.29) is 23.9 Å². The van der Waals surface area contributed by atoms with Crippen molar-refractivity contribution in [2.75, 3.05) is 31.6 Å². The Labute approximate surface area is 306 Å². The van der Waals surface area contributed by atoms with Crippen LogP contribution in [0.1, 0.15) is 105 Å². The molecule has 5 aliphatic rings. The molecule has 53 heavy (non-hydrogen) atoms. The summed E-state index contributed by atoms with van der Waals surface area (Å²) in [7, 11) is 0. The first-order chi connectivity index (χ1) is 25.3. The molecular weight excluding hydrogens is 691 g/mol. The summed E-state index contributed by atoms with van der Waals surface area (Å²) in [5, 5.41) is 55.2. The molecular formula is C38H50F3N7O5. The predicted molar refractivity (Wildman–Crippen MR) is 187 cm³/mol. The Balaban J connectivity index is 0.807. The Morgan fingerprint density at radius 2 is 1.85 bits per heavy atom. The topological polar surface area (TPSA) is 162 Å². The SMILES string of the molecule is C[C@]12CC[C@@H]3c4ccc(O)cc4CC[C@H]3[C@@H]1CC[C@@]2(O)CCCN1CCC(n2cc([C@H]3OCC(Nc4cncc(C(F)(F)F)n4)[C@@H](O)[C@H]3O)nn2)CC1. The van der Waals surface area contributed by atoms with E-state index in [0.717, 1.165) is 90.0 Å². The van der Waals surface area contributed by atoms with Crippen molar-refractivity contribution in [2.45, 2.75) is 119 Å². The molecule has 15 heteroatoms. The van der Waals surface area contributed by atoms with Crippen LogP contribution in [-0.2, 0) is 17.3 Å². The molecule has 3 aliphatic carbocycles. The van der Waals surface area contributed by atoms with Crippen molar-refractivity contribution >= 4 is 5.82 Å². The molecule has 5 N–H and O–H groups in total. The third-order valence-electron chi connectivity index (χ3n) is 13.6. The smallest absolute Gasteiger partial charge is 0.434 e. The van der Waals surface area contributed by atoms with Gasteiger partial charge in [-0.15, -0.1) is 5.10 Å². The van der Waals surface area contributed by atoms with Gasteiger partial charge in [-0.05, 0) is 117 Å². The summed E-state index contributed by atoms with van der Waals surface area (Å²) in [6.45, 7) is 4.97. The van der Waals surface area contributed by atoms with Gasteiger partial charge < -0.3 is 35.4 Å². The largest absolute Gasteiger partial charge is 0.508 e. The summed E-state index contributed by atoms with van der Waals surface area (Å²) in [6.07, 6.45) is 4.80. The van der Waals surface area contributed by atoms with Gasteiger partial charge in [-0.2, -0.15) is 13.2 Å². The predicted octanol–water partition coefficient (Wildman–Crippen LogP) is 4.77. The van der Waals surface area contributed by atoms with Crippen LogP contribution in [0.2, 0.25) is 0 Å². The number of aromatic nitrogens is 5. The molecule has 2 saturated carbocycles. The molecule has 1 unspecified atom stereocenters. The number of anilines is 1. The molecule has 3 aromatic rings. The van der Waals surface area contributed by atoms with Crippen LogP contribution in [0.5, 0.6) is 5.75 Å². The van der Waals surface area contributed by atoms with Crippen LogP contribution in [0.3, 0.4) is 0 Å². The van der Waals surface area contributed by atoms with E-state index in [2.05, 4.69) is 43.5 Å². The molecule has 1 aromatic carbocycles. The standard InChI is InChI=1S/C38H50F3N7O5/c1-36-12-7-26-25-6-4-24(49)17-22(25)3-5-27(26)28(36)8-13-37(36,52)11-2-14-47-15-9-23(10-16-47)48-20-29(45-46-48)35-34(51)33(50)30(21-53-35)43-32-19-42-18-31(44-32)38(39,40)41/h4,6,17-20,23,26-28,30,33-35,49-52H,2-3,5,7-16,21H2,1H3,(H,43,44)/t26-,27-,28+,30?,33-,34-,35-,36+,37+/m1/s1. The molecule has 4 heterocycles. The fourth-order valence-electron chi connectivity index (χ4n) is 10.7. The van der Waals surface area contributed by atoms with Gasteiger partial charge in [-0.25, -0.2) is 9.67 Å². The molecule has 0 spiro atoms. The zero-order valence-electron chi connectivity index (χ0n) is 30.0. The Bertz CT molecular complexity index is 1770. The number of piperidine rings is 1. The highest BCUT2D eigenvalue weighted by Gasteiger charge is 2.61. The lowest BCUT2D eigenvalue weighted by Crippen LogP contribution is -2.52. The number of aryl methyl sites for hydroxylation is 1. The van der Waals surface area contributed by atoms with Crippen molar-refractivity contribution in [3.8, 4) is 5.75 Å². The number of phenols is 1. The number of rotatable bonds is 8. The van der Waals surface area contributed by atoms with Gasteiger partial charge >= 0.3 is 6.18 Å². The lowest BCUT2D eigenvalue weighted by molar-refractivity contribution is -0.144. The maximum absolute atomic E-state index is 13.1. The van der Waals surface area contributed by atoms with E-state index in [1.54, 1.807) is 10.9 Å². The number of nitrogens with zero attached hydrogens (tertiary/aromatic N) is 6. The van der Waals surface area contributed by atoms with Crippen LogP contribution in [-0.4, -0.2) is 100 Å². The van der Waals surface area contributed by atoms with Crippen molar-refractivity contribution in [1.82, 2.24) is 29.9 Å². The van der Waals surface area contributed by atoms with Crippen molar-refractivity contribution in [3.05, 3.63) is 59.3 Å². The highest BCUT2D eigenvalue weighted by molar-refractivity contribution is 5.40. The third-order valence-corrected chi connectivity index (χ3v) is 13.6. The summed E-state index contributed by atoms with van der Waals surface area (Å²) in [5.41, 5.74) is 1.21. The van der Waals surface area contributed by atoms with E-state index >= 15 is 0 Å². The lowest BCUT2D eigenvalue weighted by atomic mass is 9.53. The van der Waals surface area contributed by atoms with Gasteiger partial charge in [-0.3, -0.25) is 4.98 Å². The number of aromatic hydroxyl groups is 1. The monoisotopic (exact) mass is 741 g/mol. The average Bonchev–Trinajstić information content (AvgIpc) is 3.73. The zero-order chi connectivity index (χ0) is 37.1. The second kappa shape index (κ2) is 14.0. The minimum Gasteiger partial charge on any atom is -0.508 e. The fourth-order valence-corrected chi connectivity index (χ4v) is 10.7. The van der Waals surface area contributed by atoms with Crippen LogP contribution in [0.25, 0.3) is 0 Å². The maximum Gasteiger partial charge on any atom is 0.434 e. The number of aliphatic hydroxyl groups is 3. The molecule has 288 valence electrons. The number of aliphatic hydroxyl groups excluding tert-OH is 2. The molecule has 8 rings (SSSR count). The van der Waals surface area contributed by atoms with Crippen LogP contribution >= 0.6 is 0 Å². The number of alkyl halides is 3. The molecule has 12 nitrogen and oxygen atoms in total. The van der Waals surface area contributed by atoms with Gasteiger partial charge in [0.15, 0.2) is 5.69 Å². The van der Waals surface area contributed by atoms with Gasteiger partial charge in [0.05, 0.1) is 42.9 Å². The van der Waals surface area contributed by atoms with E-state index in [9.17, 15) is 33.6 Å². The summed E-state index contributed by atoms with van der Waals surface area (Å²) < 4.78 is 46.8. The highest BCUT2D eigenvalue weighted by atomic mass is 19.4. The van der Waals surface area contributed by atoms with E-state index in [1.165, 1.54) is 11.1 Å². The Kier molecular flexibility index (Phi) is 9.70. The molecule has 2 aromatic heterocycles. The maximum atomic E-state index is 13.1. The van der Waals surface area contributed by atoms with Crippen LogP contribution < -0.4 is 5.32 Å². The second-order valence-electron chi connectivity index (χ2n) is 16.4. The van der Waals surface area contributed by atoms with E-state index < -0.39 is 41.8 Å². The number of benzene rings is 1. The van der Waals surface area contributed by atoms with E-state index in [0.29, 0.717) is 35.4 Å². The Morgan fingerprint density at radius 1 is 1.04 bits per heavy atom. The fraction of sp³-hybridized carbons (Fsp3) is 0.684. The molecule has 2 aliphatic heterocycles. The summed E-state index contributed by atoms with van der Waals surface area (Å²) in [4.78, 5) is 9.55. The number of hydrogen-bond donors (Lipinski definition) is 5. The van der Waals surface area contributed by atoms with Crippen LogP contribution in [0.15, 0.2) is 36.8 Å². The molecule has 4 fully saturated rings. The molecule has 0 bridgehead atoms. The Hall–Kier alpha value is -3.37. The first-order valence-corrected chi connectivity index (χ1v) is 19.1. The van der Waals surface area contributed by atoms with Crippen molar-refractivity contribution in [2.24, 2.45) is 17.3 Å². The third kappa shape index (κ3) is 6.81. The molecule has 2 saturated heterocycles. The van der Waals surface area contributed by atoms with Crippen LogP contribution in [0, 0.1) is 17.3 Å². The number of likely N-dealkylation sites (tertiary alicyclic amines) is 1. The van der Waals surface area contributed by atoms with Gasteiger partial charge in [0, 0.05) is 13.1 Å². The van der Waals surface area contributed by atoms with Gasteiger partial charge in [-0.1, -0.05) is 18.2 Å². The number of halogens is 3. The average molecular weight is 742 g/mol. The number of phenolic OH excluding ortho intramolecular Hbond substituents is 1. The first-order valence-electron chi connectivity index (χ1n) is 19.1. The first kappa shape index (κ1) is 36.6. The quantitative estimate of drug-likeness (QED) is 0.216. The zero-order valence-corrected chi connectivity index (χ0v) is 30.0. The van der Waals surface area contributed by atoms with Gasteiger partial charge in [0.2, 0.25) is 0 Å². The van der Waals surface area contributed by atoms with E-state index in [1.807, 2.05) is 12.1 Å². The van der Waals surface area contributed by atoms with Crippen molar-refractivity contribution < 1.29 is 38.3 Å². The molecule has 0 amide bonds. The number of hydrogen-bond acceptors (Lipinski definition) is 11. The summed E-state index contributed by atoms with van der Waals surface area (Å²) in [6, 6.07) is 5.12. The highest BCUT2D eigenvalue weighted by Crippen LogP contribution is 2.65. The summed E-state index contributed by atoms with van der Waals surface area (Å²) >= 11 is 0. The van der Waals surface area contributed by atoms with Crippen molar-refractivity contribution in [3.63, 3.8) is 0 Å². The summed E-state index contributed by atoms with van der Waals surface area (Å²) in [5.74, 6) is 1.81. The minimum absolute atomic E-state index is 0.0687. The second-order valence-corrected chi connectivity index (χ2v) is 16.4. The molecule has 9 atom stereocenters. The lowest BCUT2D eigenvalue weighted by Gasteiger charge is -2.53. The van der Waals surface area contributed by atoms with Gasteiger partial charge in [0.25, 0.3) is 0 Å². The number of nitrogens with one attached hydrogen (secondary N) is 1. The van der Waals surface area contributed by atoms with E-state index in [4.69, 9.17) is 4.74 Å². The van der Waals surface area contributed by atoms with Crippen molar-refractivity contribution in [1.29, 1.82) is 0 Å².